The lowest BCUT2D eigenvalue weighted by atomic mass is 10.2. The Kier molecular flexibility index (Phi) is 5.32. The molecule has 1 N–H and O–H groups in total. The standard InChI is InChI=1S/C12H21N3O5/c1-13(2)10(16)7-14(3)12(19)15-6-8(20-4)5-9(15)11(17)18/h8-9H,5-7H2,1-4H3,(H,17,18). The molecule has 2 unspecified atom stereocenters. The molecular formula is C12H21N3O5. The largest absolute Gasteiger partial charge is 0.480 e. The van der Waals surface area contributed by atoms with Gasteiger partial charge in [0.05, 0.1) is 6.10 Å². The van der Waals surface area contributed by atoms with Crippen LogP contribution in [0.1, 0.15) is 6.42 Å². The number of carboxylic acid groups (broad SMARTS) is 1. The molecule has 0 aromatic rings. The average Bonchev–Trinajstić information content (AvgIpc) is 2.81. The quantitative estimate of drug-likeness (QED) is 0.738. The van der Waals surface area contributed by atoms with Crippen molar-refractivity contribution in [2.24, 2.45) is 0 Å². The Morgan fingerprint density at radius 1 is 1.30 bits per heavy atom. The van der Waals surface area contributed by atoms with Gasteiger partial charge in [0.25, 0.3) is 0 Å². The Labute approximate surface area is 117 Å². The number of amides is 3. The van der Waals surface area contributed by atoms with Gasteiger partial charge < -0.3 is 24.5 Å². The molecule has 0 bridgehead atoms. The van der Waals surface area contributed by atoms with E-state index >= 15 is 0 Å². The molecule has 3 amide bonds. The van der Waals surface area contributed by atoms with E-state index in [4.69, 9.17) is 9.84 Å². The summed E-state index contributed by atoms with van der Waals surface area (Å²) in [5.41, 5.74) is 0. The molecule has 0 aliphatic carbocycles. The number of likely N-dealkylation sites (tertiary alicyclic amines) is 1. The highest BCUT2D eigenvalue weighted by Crippen LogP contribution is 2.21. The Balaban J connectivity index is 2.73. The number of carbonyl (C=O) groups is 3. The molecular weight excluding hydrogens is 266 g/mol. The number of likely N-dealkylation sites (N-methyl/N-ethyl adjacent to an activating group) is 2. The first kappa shape index (κ1) is 16.2. The summed E-state index contributed by atoms with van der Waals surface area (Å²) in [6.45, 7) is 0.124. The van der Waals surface area contributed by atoms with Gasteiger partial charge in [0.2, 0.25) is 5.91 Å². The van der Waals surface area contributed by atoms with E-state index in [9.17, 15) is 14.4 Å². The molecule has 1 fully saturated rings. The molecule has 1 aliphatic rings. The van der Waals surface area contributed by atoms with Gasteiger partial charge in [-0.15, -0.1) is 0 Å². The molecule has 1 rings (SSSR count). The highest BCUT2D eigenvalue weighted by atomic mass is 16.5. The maximum Gasteiger partial charge on any atom is 0.326 e. The lowest BCUT2D eigenvalue weighted by Crippen LogP contribution is -2.49. The molecule has 8 heteroatoms. The van der Waals surface area contributed by atoms with Crippen molar-refractivity contribution in [3.63, 3.8) is 0 Å². The van der Waals surface area contributed by atoms with Crippen molar-refractivity contribution in [3.8, 4) is 0 Å². The van der Waals surface area contributed by atoms with Crippen molar-refractivity contribution in [1.29, 1.82) is 0 Å². The summed E-state index contributed by atoms with van der Waals surface area (Å²) in [6, 6.07) is -1.39. The normalized spacial score (nSPS) is 21.7. The molecule has 2 atom stereocenters. The molecule has 8 nitrogen and oxygen atoms in total. The van der Waals surface area contributed by atoms with Crippen LogP contribution in [0.15, 0.2) is 0 Å². The van der Waals surface area contributed by atoms with Crippen molar-refractivity contribution >= 4 is 17.9 Å². The summed E-state index contributed by atoms with van der Waals surface area (Å²) < 4.78 is 5.12. The van der Waals surface area contributed by atoms with E-state index in [2.05, 4.69) is 0 Å². The summed E-state index contributed by atoms with van der Waals surface area (Å²) in [4.78, 5) is 38.8. The molecule has 114 valence electrons. The van der Waals surface area contributed by atoms with Gasteiger partial charge in [-0.3, -0.25) is 4.79 Å². The minimum atomic E-state index is -1.06. The Morgan fingerprint density at radius 2 is 1.90 bits per heavy atom. The van der Waals surface area contributed by atoms with Crippen molar-refractivity contribution < 1.29 is 24.2 Å². The zero-order valence-electron chi connectivity index (χ0n) is 12.2. The second-order valence-corrected chi connectivity index (χ2v) is 5.03. The van der Waals surface area contributed by atoms with Crippen LogP contribution >= 0.6 is 0 Å². The van der Waals surface area contributed by atoms with Crippen molar-refractivity contribution in [2.75, 3.05) is 41.3 Å². The fraction of sp³-hybridized carbons (Fsp3) is 0.750. The summed E-state index contributed by atoms with van der Waals surface area (Å²) >= 11 is 0. The third-order valence-corrected chi connectivity index (χ3v) is 3.32. The molecule has 0 radical (unpaired) electrons. The van der Waals surface area contributed by atoms with Gasteiger partial charge in [-0.05, 0) is 0 Å². The van der Waals surface area contributed by atoms with Crippen molar-refractivity contribution in [2.45, 2.75) is 18.6 Å². The lowest BCUT2D eigenvalue weighted by molar-refractivity contribution is -0.141. The number of aliphatic carboxylic acids is 1. The van der Waals surface area contributed by atoms with E-state index < -0.39 is 18.0 Å². The summed E-state index contributed by atoms with van der Waals surface area (Å²) in [7, 11) is 6.15. The number of ether oxygens (including phenoxy) is 1. The third kappa shape index (κ3) is 3.60. The maximum atomic E-state index is 12.2. The van der Waals surface area contributed by atoms with Crippen LogP contribution < -0.4 is 0 Å². The van der Waals surface area contributed by atoms with Crippen LogP contribution in [0.3, 0.4) is 0 Å². The first-order chi connectivity index (χ1) is 9.27. The molecule has 1 heterocycles. The summed E-state index contributed by atoms with van der Waals surface area (Å²) in [5, 5.41) is 9.15. The maximum absolute atomic E-state index is 12.2. The number of rotatable bonds is 4. The predicted octanol–water partition coefficient (Wildman–Crippen LogP) is -0.700. The average molecular weight is 287 g/mol. The number of carboxylic acids is 1. The second kappa shape index (κ2) is 6.56. The van der Waals surface area contributed by atoms with Crippen molar-refractivity contribution in [1.82, 2.24) is 14.7 Å². The van der Waals surface area contributed by atoms with Gasteiger partial charge in [-0.25, -0.2) is 9.59 Å². The number of nitrogens with zero attached hydrogens (tertiary/aromatic N) is 3. The van der Waals surface area contributed by atoms with Crippen LogP contribution in [0.4, 0.5) is 4.79 Å². The van der Waals surface area contributed by atoms with E-state index in [1.165, 1.54) is 28.9 Å². The van der Waals surface area contributed by atoms with E-state index in [1.54, 1.807) is 14.1 Å². The van der Waals surface area contributed by atoms with Crippen LogP contribution in [-0.4, -0.2) is 91.2 Å². The van der Waals surface area contributed by atoms with Gasteiger partial charge in [-0.1, -0.05) is 0 Å². The lowest BCUT2D eigenvalue weighted by Gasteiger charge is -2.27. The second-order valence-electron chi connectivity index (χ2n) is 5.03. The highest BCUT2D eigenvalue weighted by molar-refractivity contribution is 5.87. The van der Waals surface area contributed by atoms with Gasteiger partial charge in [0, 0.05) is 41.2 Å². The number of urea groups is 1. The number of hydrogen-bond acceptors (Lipinski definition) is 4. The van der Waals surface area contributed by atoms with Gasteiger partial charge in [0.1, 0.15) is 12.6 Å². The van der Waals surface area contributed by atoms with E-state index in [0.717, 1.165) is 0 Å². The Morgan fingerprint density at radius 3 is 2.35 bits per heavy atom. The zero-order chi connectivity index (χ0) is 15.4. The third-order valence-electron chi connectivity index (χ3n) is 3.32. The Bertz CT molecular complexity index is 399. The van der Waals surface area contributed by atoms with E-state index in [1.807, 2.05) is 0 Å². The SMILES string of the molecule is COC1CC(C(=O)O)N(C(=O)N(C)CC(=O)N(C)C)C1. The fourth-order valence-corrected chi connectivity index (χ4v) is 2.04. The smallest absolute Gasteiger partial charge is 0.326 e. The van der Waals surface area contributed by atoms with Crippen LogP contribution in [0.5, 0.6) is 0 Å². The molecule has 1 saturated heterocycles. The number of hydrogen-bond donors (Lipinski definition) is 1. The molecule has 20 heavy (non-hydrogen) atoms. The van der Waals surface area contributed by atoms with Gasteiger partial charge in [-0.2, -0.15) is 0 Å². The Hall–Kier alpha value is -1.83. The minimum Gasteiger partial charge on any atom is -0.480 e. The van der Waals surface area contributed by atoms with Gasteiger partial charge >= 0.3 is 12.0 Å². The fourth-order valence-electron chi connectivity index (χ4n) is 2.04. The molecule has 0 saturated carbocycles. The van der Waals surface area contributed by atoms with Crippen LogP contribution in [0, 0.1) is 0 Å². The molecule has 0 spiro atoms. The zero-order valence-corrected chi connectivity index (χ0v) is 12.2. The van der Waals surface area contributed by atoms with Crippen molar-refractivity contribution in [3.05, 3.63) is 0 Å². The molecule has 1 aliphatic heterocycles. The summed E-state index contributed by atoms with van der Waals surface area (Å²) in [5.74, 6) is -1.29. The monoisotopic (exact) mass is 287 g/mol. The van der Waals surface area contributed by atoms with Crippen LogP contribution in [0.2, 0.25) is 0 Å². The number of carbonyl (C=O) groups excluding carboxylic acids is 2. The molecule has 0 aromatic heterocycles. The topological polar surface area (TPSA) is 90.4 Å². The van der Waals surface area contributed by atoms with Crippen LogP contribution in [0.25, 0.3) is 0 Å². The predicted molar refractivity (Wildman–Crippen MR) is 70.3 cm³/mol. The number of methoxy groups -OCH3 is 1. The first-order valence-corrected chi connectivity index (χ1v) is 6.25. The summed E-state index contributed by atoms with van der Waals surface area (Å²) in [6.07, 6.45) is -0.0365. The van der Waals surface area contributed by atoms with E-state index in [0.29, 0.717) is 0 Å². The van der Waals surface area contributed by atoms with Gasteiger partial charge in [0.15, 0.2) is 0 Å². The van der Waals surface area contributed by atoms with Crippen LogP contribution in [-0.2, 0) is 14.3 Å². The first-order valence-electron chi connectivity index (χ1n) is 6.25. The van der Waals surface area contributed by atoms with E-state index in [-0.39, 0.29) is 31.5 Å². The minimum absolute atomic E-state index is 0.0910. The molecule has 0 aromatic carbocycles. The highest BCUT2D eigenvalue weighted by Gasteiger charge is 2.41.